The highest BCUT2D eigenvalue weighted by molar-refractivity contribution is 9.10. The summed E-state index contributed by atoms with van der Waals surface area (Å²) in [6.45, 7) is 7.36. The number of rotatable bonds is 3. The number of hydrogen-bond donors (Lipinski definition) is 1. The lowest BCUT2D eigenvalue weighted by Crippen LogP contribution is -2.35. The fourth-order valence-electron chi connectivity index (χ4n) is 1.62. The molecule has 0 spiro atoms. The first kappa shape index (κ1) is 13.3. The molecule has 18 heavy (non-hydrogen) atoms. The molecule has 1 aromatic heterocycles. The van der Waals surface area contributed by atoms with Gasteiger partial charge in [0, 0.05) is 29.0 Å². The normalized spacial score (nSPS) is 11.8. The Morgan fingerprint density at radius 3 is 2.67 bits per heavy atom. The number of hydrogen-bond acceptors (Lipinski definition) is 2. The van der Waals surface area contributed by atoms with Gasteiger partial charge in [-0.2, -0.15) is 5.10 Å². The monoisotopic (exact) mass is 307 g/mol. The van der Waals surface area contributed by atoms with Crippen LogP contribution in [0, 0.1) is 0 Å². The van der Waals surface area contributed by atoms with Gasteiger partial charge in [0.05, 0.1) is 5.69 Å². The summed E-state index contributed by atoms with van der Waals surface area (Å²) in [6.07, 6.45) is 3.72. The average molecular weight is 308 g/mol. The molecule has 2 aromatic rings. The Balaban J connectivity index is 2.15. The third kappa shape index (κ3) is 3.43. The molecule has 0 saturated heterocycles. The maximum Gasteiger partial charge on any atom is 0.0787 e. The zero-order valence-electron chi connectivity index (χ0n) is 10.9. The van der Waals surface area contributed by atoms with Gasteiger partial charge in [0.2, 0.25) is 0 Å². The predicted molar refractivity (Wildman–Crippen MR) is 77.9 cm³/mol. The van der Waals surface area contributed by atoms with E-state index in [4.69, 9.17) is 0 Å². The van der Waals surface area contributed by atoms with Gasteiger partial charge in [-0.1, -0.05) is 6.07 Å². The van der Waals surface area contributed by atoms with Gasteiger partial charge in [-0.25, -0.2) is 4.68 Å². The third-order valence-corrected chi connectivity index (χ3v) is 3.22. The second kappa shape index (κ2) is 5.24. The van der Waals surface area contributed by atoms with Crippen LogP contribution in [0.4, 0.5) is 0 Å². The first-order valence-corrected chi connectivity index (χ1v) is 6.78. The number of nitrogens with one attached hydrogen (secondary N) is 1. The predicted octanol–water partition coefficient (Wildman–Crippen LogP) is 3.52. The zero-order chi connectivity index (χ0) is 13.2. The summed E-state index contributed by atoms with van der Waals surface area (Å²) in [5, 5.41) is 7.71. The molecule has 1 aromatic carbocycles. The Kier molecular flexibility index (Phi) is 3.88. The minimum absolute atomic E-state index is 0.132. The Morgan fingerprint density at radius 2 is 2.11 bits per heavy atom. The Labute approximate surface area is 116 Å². The summed E-state index contributed by atoms with van der Waals surface area (Å²) in [5.41, 5.74) is 2.44. The number of benzene rings is 1. The van der Waals surface area contributed by atoms with E-state index in [1.165, 1.54) is 5.56 Å². The molecule has 0 saturated carbocycles. The van der Waals surface area contributed by atoms with Crippen molar-refractivity contribution in [3.63, 3.8) is 0 Å². The summed E-state index contributed by atoms with van der Waals surface area (Å²) in [5.74, 6) is 0. The maximum atomic E-state index is 4.23. The minimum Gasteiger partial charge on any atom is -0.308 e. The van der Waals surface area contributed by atoms with Gasteiger partial charge in [0.25, 0.3) is 0 Å². The van der Waals surface area contributed by atoms with Crippen molar-refractivity contribution in [2.24, 2.45) is 0 Å². The van der Waals surface area contributed by atoms with E-state index in [1.807, 2.05) is 16.9 Å². The second-order valence-electron chi connectivity index (χ2n) is 5.34. The topological polar surface area (TPSA) is 29.9 Å². The fraction of sp³-hybridized carbons (Fsp3) is 0.357. The van der Waals surface area contributed by atoms with Crippen LogP contribution in [-0.4, -0.2) is 15.3 Å². The summed E-state index contributed by atoms with van der Waals surface area (Å²) in [7, 11) is 0. The first-order chi connectivity index (χ1) is 8.46. The summed E-state index contributed by atoms with van der Waals surface area (Å²) >= 11 is 3.60. The van der Waals surface area contributed by atoms with Crippen molar-refractivity contribution in [1.29, 1.82) is 0 Å². The van der Waals surface area contributed by atoms with Crippen LogP contribution in [0.1, 0.15) is 26.3 Å². The molecule has 4 heteroatoms. The van der Waals surface area contributed by atoms with Crippen LogP contribution in [0.3, 0.4) is 0 Å². The zero-order valence-corrected chi connectivity index (χ0v) is 12.5. The van der Waals surface area contributed by atoms with Crippen LogP contribution in [0.25, 0.3) is 5.69 Å². The van der Waals surface area contributed by atoms with Crippen LogP contribution in [0.15, 0.2) is 41.1 Å². The van der Waals surface area contributed by atoms with E-state index in [2.05, 4.69) is 65.3 Å². The van der Waals surface area contributed by atoms with E-state index < -0.39 is 0 Å². The number of aromatic nitrogens is 2. The van der Waals surface area contributed by atoms with Crippen molar-refractivity contribution in [3.05, 3.63) is 46.7 Å². The second-order valence-corrected chi connectivity index (χ2v) is 6.19. The lowest BCUT2D eigenvalue weighted by atomic mass is 10.1. The third-order valence-electron chi connectivity index (χ3n) is 2.59. The summed E-state index contributed by atoms with van der Waals surface area (Å²) in [6, 6.07) is 8.26. The van der Waals surface area contributed by atoms with Gasteiger partial charge in [0.1, 0.15) is 0 Å². The Morgan fingerprint density at radius 1 is 1.33 bits per heavy atom. The van der Waals surface area contributed by atoms with Gasteiger partial charge in [0.15, 0.2) is 0 Å². The molecule has 2 rings (SSSR count). The van der Waals surface area contributed by atoms with Crippen LogP contribution in [0.5, 0.6) is 0 Å². The highest BCUT2D eigenvalue weighted by atomic mass is 79.9. The highest BCUT2D eigenvalue weighted by Gasteiger charge is 2.09. The molecular weight excluding hydrogens is 290 g/mol. The molecule has 1 heterocycles. The van der Waals surface area contributed by atoms with Gasteiger partial charge < -0.3 is 5.32 Å². The van der Waals surface area contributed by atoms with Gasteiger partial charge in [-0.3, -0.25) is 0 Å². The smallest absolute Gasteiger partial charge is 0.0787 e. The molecule has 0 bridgehead atoms. The molecule has 0 aliphatic heterocycles. The van der Waals surface area contributed by atoms with Crippen LogP contribution in [0.2, 0.25) is 0 Å². The Hall–Kier alpha value is -1.13. The molecule has 0 aliphatic rings. The van der Waals surface area contributed by atoms with Crippen molar-refractivity contribution in [2.75, 3.05) is 0 Å². The lowest BCUT2D eigenvalue weighted by molar-refractivity contribution is 0.424. The standard InChI is InChI=1S/C14H18BrN3/c1-14(2,3)16-10-11-5-6-13(12(15)9-11)18-8-4-7-17-18/h4-9,16H,10H2,1-3H3. The van der Waals surface area contributed by atoms with Crippen molar-refractivity contribution >= 4 is 15.9 Å². The van der Waals surface area contributed by atoms with Crippen molar-refractivity contribution in [1.82, 2.24) is 15.1 Å². The number of halogens is 1. The summed E-state index contributed by atoms with van der Waals surface area (Å²) in [4.78, 5) is 0. The average Bonchev–Trinajstić information content (AvgIpc) is 2.79. The van der Waals surface area contributed by atoms with E-state index in [1.54, 1.807) is 6.20 Å². The van der Waals surface area contributed by atoms with Crippen molar-refractivity contribution in [3.8, 4) is 5.69 Å². The molecule has 0 atom stereocenters. The molecule has 1 N–H and O–H groups in total. The molecule has 96 valence electrons. The van der Waals surface area contributed by atoms with Gasteiger partial charge in [-0.15, -0.1) is 0 Å². The van der Waals surface area contributed by atoms with Crippen molar-refractivity contribution < 1.29 is 0 Å². The van der Waals surface area contributed by atoms with E-state index in [9.17, 15) is 0 Å². The Bertz CT molecular complexity index is 512. The van der Waals surface area contributed by atoms with E-state index >= 15 is 0 Å². The van der Waals surface area contributed by atoms with E-state index in [0.29, 0.717) is 0 Å². The molecule has 0 amide bonds. The molecule has 0 radical (unpaired) electrons. The SMILES string of the molecule is CC(C)(C)NCc1ccc(-n2cccn2)c(Br)c1. The molecule has 3 nitrogen and oxygen atoms in total. The fourth-order valence-corrected chi connectivity index (χ4v) is 2.23. The minimum atomic E-state index is 0.132. The largest absolute Gasteiger partial charge is 0.308 e. The van der Waals surface area contributed by atoms with Crippen LogP contribution in [-0.2, 0) is 6.54 Å². The molecule has 0 fully saturated rings. The quantitative estimate of drug-likeness (QED) is 0.940. The van der Waals surface area contributed by atoms with Crippen LogP contribution >= 0.6 is 15.9 Å². The first-order valence-electron chi connectivity index (χ1n) is 5.99. The maximum absolute atomic E-state index is 4.23. The van der Waals surface area contributed by atoms with E-state index in [-0.39, 0.29) is 5.54 Å². The van der Waals surface area contributed by atoms with E-state index in [0.717, 1.165) is 16.7 Å². The highest BCUT2D eigenvalue weighted by Crippen LogP contribution is 2.22. The van der Waals surface area contributed by atoms with Crippen molar-refractivity contribution in [2.45, 2.75) is 32.9 Å². The number of nitrogens with zero attached hydrogens (tertiary/aromatic N) is 2. The van der Waals surface area contributed by atoms with Gasteiger partial charge in [-0.05, 0) is 60.5 Å². The van der Waals surface area contributed by atoms with Crippen LogP contribution < -0.4 is 5.32 Å². The molecular formula is C14H18BrN3. The lowest BCUT2D eigenvalue weighted by Gasteiger charge is -2.20. The molecule has 0 unspecified atom stereocenters. The summed E-state index contributed by atoms with van der Waals surface area (Å²) < 4.78 is 2.91. The van der Waals surface area contributed by atoms with Gasteiger partial charge >= 0.3 is 0 Å². The molecule has 0 aliphatic carbocycles.